The summed E-state index contributed by atoms with van der Waals surface area (Å²) in [6.45, 7) is 5.72. The second-order valence-corrected chi connectivity index (χ2v) is 6.95. The largest absolute Gasteiger partial charge is 0.550 e. The number of carbonyl (C=O) groups is 2. The van der Waals surface area contributed by atoms with E-state index in [2.05, 4.69) is 6.58 Å². The Kier molecular flexibility index (Phi) is 3.37. The Balaban J connectivity index is 1.87. The van der Waals surface area contributed by atoms with Crippen molar-refractivity contribution in [3.63, 3.8) is 0 Å². The number of hydrogen-bond acceptors (Lipinski definition) is 4. The smallest absolute Gasteiger partial charge is 0.234 e. The van der Waals surface area contributed by atoms with Crippen molar-refractivity contribution in [1.29, 1.82) is 0 Å². The first kappa shape index (κ1) is 16.0. The number of para-hydroxylation sites is 1. The summed E-state index contributed by atoms with van der Waals surface area (Å²) in [7, 11) is 0. The third-order valence-electron chi connectivity index (χ3n) is 5.35. The van der Waals surface area contributed by atoms with Crippen molar-refractivity contribution in [3.05, 3.63) is 54.4 Å². The van der Waals surface area contributed by atoms with Gasteiger partial charge in [0.1, 0.15) is 11.4 Å². The average molecular weight is 342 g/mol. The number of nitrogens with zero attached hydrogens (tertiary/aromatic N) is 1. The zero-order chi connectivity index (χ0) is 17.9. The van der Waals surface area contributed by atoms with Crippen molar-refractivity contribution < 1.29 is 23.8 Å². The lowest BCUT2D eigenvalue weighted by Crippen LogP contribution is -2.46. The highest BCUT2D eigenvalue weighted by atomic mass is 19.1. The van der Waals surface area contributed by atoms with Crippen LogP contribution >= 0.6 is 0 Å². The van der Waals surface area contributed by atoms with Crippen LogP contribution in [0, 0.1) is 17.7 Å². The predicted molar refractivity (Wildman–Crippen MR) is 85.8 cm³/mol. The van der Waals surface area contributed by atoms with Crippen LogP contribution in [0.25, 0.3) is 0 Å². The molecule has 3 aliphatic rings. The van der Waals surface area contributed by atoms with Crippen molar-refractivity contribution in [2.24, 2.45) is 11.8 Å². The number of hydrogen-bond donors (Lipinski definition) is 0. The Morgan fingerprint density at radius 2 is 2.16 bits per heavy atom. The van der Waals surface area contributed by atoms with E-state index in [0.29, 0.717) is 6.42 Å². The lowest BCUT2D eigenvalue weighted by atomic mass is 9.74. The molecule has 1 amide bonds. The molecule has 130 valence electrons. The van der Waals surface area contributed by atoms with Gasteiger partial charge in [-0.1, -0.05) is 29.9 Å². The number of carboxylic acids is 1. The van der Waals surface area contributed by atoms with Crippen molar-refractivity contribution in [3.8, 4) is 0 Å². The summed E-state index contributed by atoms with van der Waals surface area (Å²) in [6.07, 6.45) is 3.12. The van der Waals surface area contributed by atoms with Crippen LogP contribution in [0.4, 0.5) is 10.1 Å². The molecule has 1 aromatic carbocycles. The first-order valence-electron chi connectivity index (χ1n) is 8.17. The van der Waals surface area contributed by atoms with E-state index in [1.54, 1.807) is 18.2 Å². The number of carboxylic acid groups (broad SMARTS) is 1. The van der Waals surface area contributed by atoms with Gasteiger partial charge in [0.05, 0.1) is 23.8 Å². The highest BCUT2D eigenvalue weighted by molar-refractivity contribution is 6.03. The molecule has 2 fully saturated rings. The molecule has 2 saturated heterocycles. The molecule has 0 saturated carbocycles. The number of fused-ring (bicyclic) bond motifs is 1. The number of benzene rings is 1. The van der Waals surface area contributed by atoms with Gasteiger partial charge in [-0.05, 0) is 25.5 Å². The molecule has 25 heavy (non-hydrogen) atoms. The van der Waals surface area contributed by atoms with Gasteiger partial charge in [-0.15, -0.1) is 6.58 Å². The van der Waals surface area contributed by atoms with Gasteiger partial charge in [0.2, 0.25) is 5.91 Å². The molecule has 0 N–H and O–H groups in total. The van der Waals surface area contributed by atoms with Gasteiger partial charge in [-0.2, -0.15) is 0 Å². The number of anilines is 1. The molecular weight excluding hydrogens is 325 g/mol. The fourth-order valence-electron chi connectivity index (χ4n) is 4.43. The van der Waals surface area contributed by atoms with E-state index in [4.69, 9.17) is 4.74 Å². The van der Waals surface area contributed by atoms with Gasteiger partial charge >= 0.3 is 0 Å². The molecule has 1 spiro atoms. The Morgan fingerprint density at radius 1 is 1.44 bits per heavy atom. The van der Waals surface area contributed by atoms with Gasteiger partial charge in [0.15, 0.2) is 0 Å². The minimum atomic E-state index is -1.32. The first-order chi connectivity index (χ1) is 11.9. The molecular formula is C19H17FNO4-. The minimum Gasteiger partial charge on any atom is -0.550 e. The monoisotopic (exact) mass is 342 g/mol. The summed E-state index contributed by atoms with van der Waals surface area (Å²) in [4.78, 5) is 26.1. The topological polar surface area (TPSA) is 69.7 Å². The maximum atomic E-state index is 14.4. The predicted octanol–water partition coefficient (Wildman–Crippen LogP) is 1.20. The minimum absolute atomic E-state index is 0.125. The van der Waals surface area contributed by atoms with Crippen LogP contribution < -0.4 is 10.0 Å². The van der Waals surface area contributed by atoms with Gasteiger partial charge in [-0.3, -0.25) is 4.79 Å². The molecule has 5 nitrogen and oxygen atoms in total. The van der Waals surface area contributed by atoms with E-state index < -0.39 is 47.3 Å². The van der Waals surface area contributed by atoms with Crippen molar-refractivity contribution in [2.75, 3.05) is 4.90 Å². The zero-order valence-corrected chi connectivity index (χ0v) is 13.6. The third-order valence-corrected chi connectivity index (χ3v) is 5.35. The SMILES string of the molecule is C=C(C)C[C@H]1N(c2ccccc2F)C(=O)[C@H]2[C@@H](C(=O)[O-])[C@H]3C=C[C@]21O3. The second-order valence-electron chi connectivity index (χ2n) is 6.95. The maximum absolute atomic E-state index is 14.4. The van der Waals surface area contributed by atoms with Crippen molar-refractivity contribution in [2.45, 2.75) is 31.1 Å². The number of ether oxygens (including phenoxy) is 1. The fraction of sp³-hybridized carbons (Fsp3) is 0.368. The third kappa shape index (κ3) is 2.03. The Labute approximate surface area is 144 Å². The summed E-state index contributed by atoms with van der Waals surface area (Å²) in [5.74, 6) is -4.29. The van der Waals surface area contributed by atoms with E-state index in [-0.39, 0.29) is 5.69 Å². The molecule has 6 heteroatoms. The van der Waals surface area contributed by atoms with Crippen LogP contribution in [0.1, 0.15) is 13.3 Å². The van der Waals surface area contributed by atoms with Crippen molar-refractivity contribution in [1.82, 2.24) is 0 Å². The van der Waals surface area contributed by atoms with Gasteiger partial charge < -0.3 is 19.5 Å². The number of halogens is 1. The van der Waals surface area contributed by atoms with Crippen LogP contribution in [-0.2, 0) is 14.3 Å². The quantitative estimate of drug-likeness (QED) is 0.771. The second kappa shape index (κ2) is 5.26. The van der Waals surface area contributed by atoms with Gasteiger partial charge in [0, 0.05) is 11.9 Å². The summed E-state index contributed by atoms with van der Waals surface area (Å²) in [6, 6.07) is 5.42. The molecule has 0 aromatic heterocycles. The van der Waals surface area contributed by atoms with Crippen LogP contribution in [0.2, 0.25) is 0 Å². The summed E-state index contributed by atoms with van der Waals surface area (Å²) >= 11 is 0. The van der Waals surface area contributed by atoms with Gasteiger partial charge in [-0.25, -0.2) is 4.39 Å². The molecule has 4 rings (SSSR count). The molecule has 0 unspecified atom stereocenters. The Morgan fingerprint density at radius 3 is 2.80 bits per heavy atom. The lowest BCUT2D eigenvalue weighted by molar-refractivity contribution is -0.313. The molecule has 2 bridgehead atoms. The molecule has 5 atom stereocenters. The lowest BCUT2D eigenvalue weighted by Gasteiger charge is -2.33. The molecule has 1 aromatic rings. The van der Waals surface area contributed by atoms with E-state index in [1.807, 2.05) is 6.92 Å². The van der Waals surface area contributed by atoms with E-state index in [9.17, 15) is 19.1 Å². The maximum Gasteiger partial charge on any atom is 0.234 e. The zero-order valence-electron chi connectivity index (χ0n) is 13.6. The molecule has 0 aliphatic carbocycles. The van der Waals surface area contributed by atoms with Crippen LogP contribution in [0.3, 0.4) is 0 Å². The van der Waals surface area contributed by atoms with E-state index in [0.717, 1.165) is 5.57 Å². The highest BCUT2D eigenvalue weighted by Crippen LogP contribution is 2.56. The number of amides is 1. The highest BCUT2D eigenvalue weighted by Gasteiger charge is 2.70. The summed E-state index contributed by atoms with van der Waals surface area (Å²) < 4.78 is 20.4. The number of rotatable bonds is 4. The molecule has 3 aliphatic heterocycles. The Bertz CT molecular complexity index is 819. The fourth-order valence-corrected chi connectivity index (χ4v) is 4.43. The standard InChI is InChI=1S/C19H18FNO4/c1-10(2)9-14-19-8-7-13(25-19)15(18(23)24)16(19)17(22)21(14)12-6-4-3-5-11(12)20/h3-8,13-16H,1,9H2,2H3,(H,23,24)/p-1/t13-,14-,15+,16-,19-/m1/s1. The Hall–Kier alpha value is -2.47. The number of carbonyl (C=O) groups excluding carboxylic acids is 2. The molecule has 3 heterocycles. The average Bonchev–Trinajstić information content (AvgIpc) is 3.18. The van der Waals surface area contributed by atoms with E-state index in [1.165, 1.54) is 23.1 Å². The van der Waals surface area contributed by atoms with Gasteiger partial charge in [0.25, 0.3) is 0 Å². The van der Waals surface area contributed by atoms with Crippen molar-refractivity contribution >= 4 is 17.6 Å². The van der Waals surface area contributed by atoms with Crippen LogP contribution in [0.5, 0.6) is 0 Å². The first-order valence-corrected chi connectivity index (χ1v) is 8.17. The summed E-state index contributed by atoms with van der Waals surface area (Å²) in [5, 5.41) is 11.6. The van der Waals surface area contributed by atoms with E-state index >= 15 is 0 Å². The van der Waals surface area contributed by atoms with Crippen LogP contribution in [0.15, 0.2) is 48.6 Å². The van der Waals surface area contributed by atoms with Crippen LogP contribution in [-0.4, -0.2) is 29.6 Å². The normalized spacial score (nSPS) is 35.3. The molecule has 0 radical (unpaired) electrons. The summed E-state index contributed by atoms with van der Waals surface area (Å²) in [5.41, 5.74) is -0.167. The number of aliphatic carboxylic acids is 1.